The van der Waals surface area contributed by atoms with E-state index in [-0.39, 0.29) is 17.9 Å². The minimum atomic E-state index is -0.219. The van der Waals surface area contributed by atoms with E-state index in [1.165, 1.54) is 11.9 Å². The molecule has 4 aromatic rings. The van der Waals surface area contributed by atoms with Crippen LogP contribution in [0.5, 0.6) is 0 Å². The number of nitrogen functional groups attached to an aromatic ring is 1. The third kappa shape index (κ3) is 5.25. The highest BCUT2D eigenvalue weighted by atomic mass is 16.2. The third-order valence-corrected chi connectivity index (χ3v) is 7.15. The number of fused-ring (bicyclic) bond motifs is 1. The van der Waals surface area contributed by atoms with Gasteiger partial charge in [-0.1, -0.05) is 44.7 Å². The number of rotatable bonds is 6. The van der Waals surface area contributed by atoms with Crippen molar-refractivity contribution in [3.05, 3.63) is 78.1 Å². The molecule has 1 fully saturated rings. The van der Waals surface area contributed by atoms with Gasteiger partial charge in [0.25, 0.3) is 5.91 Å². The first-order chi connectivity index (χ1) is 18.7. The SMILES string of the molecule is C=C(C)C(=O)N1CCC[C@@H](n2nc(-c3cccc(C(=O)Nc4ccc(C(C)C)cc4)c3)c3c(N)ncnc32)C1. The van der Waals surface area contributed by atoms with Gasteiger partial charge in [-0.25, -0.2) is 14.6 Å². The number of amides is 2. The van der Waals surface area contributed by atoms with Gasteiger partial charge in [0.2, 0.25) is 5.91 Å². The number of hydrogen-bond acceptors (Lipinski definition) is 6. The largest absolute Gasteiger partial charge is 0.383 e. The Hall–Kier alpha value is -4.53. The normalized spacial score (nSPS) is 15.5. The summed E-state index contributed by atoms with van der Waals surface area (Å²) in [6.07, 6.45) is 3.11. The van der Waals surface area contributed by atoms with Gasteiger partial charge in [0, 0.05) is 35.5 Å². The molecule has 39 heavy (non-hydrogen) atoms. The Kier molecular flexibility index (Phi) is 7.15. The molecule has 200 valence electrons. The lowest BCUT2D eigenvalue weighted by molar-refractivity contribution is -0.128. The number of anilines is 2. The highest BCUT2D eigenvalue weighted by Gasteiger charge is 2.29. The third-order valence-electron chi connectivity index (χ3n) is 7.15. The van der Waals surface area contributed by atoms with Crippen LogP contribution in [0.25, 0.3) is 22.3 Å². The molecule has 3 heterocycles. The van der Waals surface area contributed by atoms with Crippen LogP contribution >= 0.6 is 0 Å². The molecular formula is C30H33N7O2. The topological polar surface area (TPSA) is 119 Å². The predicted molar refractivity (Wildman–Crippen MR) is 153 cm³/mol. The molecule has 1 atom stereocenters. The zero-order valence-corrected chi connectivity index (χ0v) is 22.5. The van der Waals surface area contributed by atoms with Crippen LogP contribution in [-0.4, -0.2) is 49.6 Å². The summed E-state index contributed by atoms with van der Waals surface area (Å²) >= 11 is 0. The highest BCUT2D eigenvalue weighted by molar-refractivity contribution is 6.06. The molecule has 0 saturated carbocycles. The van der Waals surface area contributed by atoms with E-state index in [9.17, 15) is 9.59 Å². The maximum absolute atomic E-state index is 13.1. The molecule has 0 radical (unpaired) electrons. The molecule has 2 aromatic carbocycles. The maximum Gasteiger partial charge on any atom is 0.255 e. The molecule has 9 heteroatoms. The van der Waals surface area contributed by atoms with Crippen molar-refractivity contribution in [2.24, 2.45) is 0 Å². The molecule has 1 aliphatic heterocycles. The fourth-order valence-corrected chi connectivity index (χ4v) is 5.02. The first kappa shape index (κ1) is 26.1. The number of carbonyl (C=O) groups is 2. The van der Waals surface area contributed by atoms with Gasteiger partial charge in [-0.3, -0.25) is 9.59 Å². The van der Waals surface area contributed by atoms with E-state index in [0.29, 0.717) is 52.7 Å². The molecule has 5 rings (SSSR count). The van der Waals surface area contributed by atoms with E-state index >= 15 is 0 Å². The Balaban J connectivity index is 1.47. The predicted octanol–water partition coefficient (Wildman–Crippen LogP) is 5.19. The standard InChI is InChI=1S/C30H33N7O2/c1-18(2)20-10-12-23(13-11-20)34-29(38)22-8-5-7-21(15-22)26-25-27(31)32-17-33-28(25)37(35-26)24-9-6-14-36(16-24)30(39)19(3)4/h5,7-8,10-13,15,17-18,24H,3,6,9,14,16H2,1-2,4H3,(H,34,38)(H2,31,32,33)/t24-/m1/s1. The van der Waals surface area contributed by atoms with Gasteiger partial charge in [-0.15, -0.1) is 0 Å². The van der Waals surface area contributed by atoms with E-state index in [0.717, 1.165) is 24.1 Å². The van der Waals surface area contributed by atoms with Crippen LogP contribution in [-0.2, 0) is 4.79 Å². The summed E-state index contributed by atoms with van der Waals surface area (Å²) < 4.78 is 1.85. The van der Waals surface area contributed by atoms with Crippen LogP contribution in [0.4, 0.5) is 11.5 Å². The van der Waals surface area contributed by atoms with Gasteiger partial charge in [0.05, 0.1) is 11.4 Å². The lowest BCUT2D eigenvalue weighted by atomic mass is 10.0. The number of aromatic nitrogens is 4. The second kappa shape index (κ2) is 10.7. The molecule has 1 saturated heterocycles. The summed E-state index contributed by atoms with van der Waals surface area (Å²) in [4.78, 5) is 36.3. The average Bonchev–Trinajstić information content (AvgIpc) is 3.34. The number of nitrogens with one attached hydrogen (secondary N) is 1. The number of carbonyl (C=O) groups excluding carboxylic acids is 2. The van der Waals surface area contributed by atoms with Gasteiger partial charge in [0.15, 0.2) is 5.65 Å². The van der Waals surface area contributed by atoms with Crippen LogP contribution in [0.3, 0.4) is 0 Å². The van der Waals surface area contributed by atoms with E-state index in [4.69, 9.17) is 10.8 Å². The summed E-state index contributed by atoms with van der Waals surface area (Å²) in [7, 11) is 0. The van der Waals surface area contributed by atoms with Crippen molar-refractivity contribution in [2.75, 3.05) is 24.1 Å². The molecule has 0 unspecified atom stereocenters. The van der Waals surface area contributed by atoms with Crippen molar-refractivity contribution < 1.29 is 9.59 Å². The first-order valence-corrected chi connectivity index (χ1v) is 13.2. The molecule has 9 nitrogen and oxygen atoms in total. The molecule has 0 aliphatic carbocycles. The zero-order chi connectivity index (χ0) is 27.7. The minimum absolute atomic E-state index is 0.0527. The smallest absolute Gasteiger partial charge is 0.255 e. The summed E-state index contributed by atoms with van der Waals surface area (Å²) in [5.74, 6) is 0.458. The molecule has 1 aliphatic rings. The molecule has 2 amide bonds. The van der Waals surface area contributed by atoms with Crippen LogP contribution < -0.4 is 11.1 Å². The Morgan fingerprint density at radius 3 is 2.62 bits per heavy atom. The lowest BCUT2D eigenvalue weighted by Crippen LogP contribution is -2.41. The quantitative estimate of drug-likeness (QED) is 0.336. The van der Waals surface area contributed by atoms with Gasteiger partial charge in [-0.05, 0) is 55.5 Å². The molecule has 0 spiro atoms. The Morgan fingerprint density at radius 2 is 1.90 bits per heavy atom. The van der Waals surface area contributed by atoms with Gasteiger partial charge in [-0.2, -0.15) is 5.10 Å². The van der Waals surface area contributed by atoms with Crippen LogP contribution in [0, 0.1) is 0 Å². The van der Waals surface area contributed by atoms with Gasteiger partial charge >= 0.3 is 0 Å². The Morgan fingerprint density at radius 1 is 1.13 bits per heavy atom. The number of likely N-dealkylation sites (tertiary alicyclic amines) is 1. The van der Waals surface area contributed by atoms with E-state index in [1.807, 2.05) is 46.0 Å². The van der Waals surface area contributed by atoms with E-state index < -0.39 is 0 Å². The van der Waals surface area contributed by atoms with E-state index in [1.54, 1.807) is 19.1 Å². The first-order valence-electron chi connectivity index (χ1n) is 13.2. The minimum Gasteiger partial charge on any atom is -0.383 e. The monoisotopic (exact) mass is 523 g/mol. The van der Waals surface area contributed by atoms with E-state index in [2.05, 4.69) is 35.7 Å². The summed E-state index contributed by atoms with van der Waals surface area (Å²) in [6.45, 7) is 11.0. The Bertz CT molecular complexity index is 1560. The van der Waals surface area contributed by atoms with Crippen molar-refractivity contribution in [2.45, 2.75) is 45.6 Å². The number of piperidine rings is 1. The fourth-order valence-electron chi connectivity index (χ4n) is 5.02. The zero-order valence-electron chi connectivity index (χ0n) is 22.5. The van der Waals surface area contributed by atoms with Gasteiger partial charge < -0.3 is 16.0 Å². The van der Waals surface area contributed by atoms with Crippen molar-refractivity contribution >= 4 is 34.4 Å². The number of hydrogen-bond donors (Lipinski definition) is 2. The average molecular weight is 524 g/mol. The summed E-state index contributed by atoms with van der Waals surface area (Å²) in [5, 5.41) is 8.54. The fraction of sp³-hybridized carbons (Fsp3) is 0.300. The van der Waals surface area contributed by atoms with Gasteiger partial charge in [0.1, 0.15) is 17.8 Å². The number of nitrogens with two attached hydrogens (primary N) is 1. The molecule has 3 N–H and O–H groups in total. The van der Waals surface area contributed by atoms with Crippen LogP contribution in [0.1, 0.15) is 61.5 Å². The molecule has 0 bridgehead atoms. The van der Waals surface area contributed by atoms with Crippen molar-refractivity contribution in [1.82, 2.24) is 24.6 Å². The second-order valence-electron chi connectivity index (χ2n) is 10.4. The van der Waals surface area contributed by atoms with Crippen molar-refractivity contribution in [1.29, 1.82) is 0 Å². The van der Waals surface area contributed by atoms with Crippen LogP contribution in [0.2, 0.25) is 0 Å². The number of benzene rings is 2. The molecular weight excluding hydrogens is 490 g/mol. The van der Waals surface area contributed by atoms with Crippen molar-refractivity contribution in [3.8, 4) is 11.3 Å². The Labute approximate surface area is 227 Å². The van der Waals surface area contributed by atoms with Crippen LogP contribution in [0.15, 0.2) is 67.0 Å². The van der Waals surface area contributed by atoms with Crippen molar-refractivity contribution in [3.63, 3.8) is 0 Å². The summed E-state index contributed by atoms with van der Waals surface area (Å²) in [5.41, 5.74) is 11.2. The molecule has 2 aromatic heterocycles. The number of nitrogens with zero attached hydrogens (tertiary/aromatic N) is 5. The highest BCUT2D eigenvalue weighted by Crippen LogP contribution is 2.34. The summed E-state index contributed by atoms with van der Waals surface area (Å²) in [6, 6.07) is 15.1. The second-order valence-corrected chi connectivity index (χ2v) is 10.4. The maximum atomic E-state index is 13.1. The lowest BCUT2D eigenvalue weighted by Gasteiger charge is -2.33.